The second-order valence-corrected chi connectivity index (χ2v) is 2.19. The van der Waals surface area contributed by atoms with Crippen LogP contribution in [0.15, 0.2) is 0 Å². The van der Waals surface area contributed by atoms with Crippen LogP contribution in [-0.2, 0) is 0 Å². The van der Waals surface area contributed by atoms with E-state index in [1.54, 1.807) is 0 Å². The molecular formula is C3H5ClN. The minimum absolute atomic E-state index is 0.528. The van der Waals surface area contributed by atoms with E-state index < -0.39 is 5.00 Å². The Bertz CT molecular complexity index is 44.9. The van der Waals surface area contributed by atoms with Gasteiger partial charge in [-0.25, -0.2) is 5.73 Å². The van der Waals surface area contributed by atoms with Crippen molar-refractivity contribution >= 4 is 11.6 Å². The minimum atomic E-state index is -0.528. The fourth-order valence-electron chi connectivity index (χ4n) is 0.110. The standard InChI is InChI=1S/C3H5ClN/c4-3(5)1-2-3/h5H,1-2H2. The zero-order chi connectivity index (χ0) is 3.91. The Kier molecular flexibility index (Phi) is 0.454. The van der Waals surface area contributed by atoms with Gasteiger partial charge < -0.3 is 0 Å². The third-order valence-corrected chi connectivity index (χ3v) is 1.07. The second kappa shape index (κ2) is 0.660. The van der Waals surface area contributed by atoms with E-state index in [1.165, 1.54) is 0 Å². The molecule has 1 nitrogen and oxygen atoms in total. The van der Waals surface area contributed by atoms with Crippen LogP contribution in [0.5, 0.6) is 0 Å². The number of alkyl halides is 1. The van der Waals surface area contributed by atoms with Gasteiger partial charge in [-0.1, -0.05) is 0 Å². The van der Waals surface area contributed by atoms with Crippen molar-refractivity contribution in [2.45, 2.75) is 17.8 Å². The lowest BCUT2D eigenvalue weighted by Crippen LogP contribution is -1.93. The lowest BCUT2D eigenvalue weighted by atomic mass is 10.8. The quantitative estimate of drug-likeness (QED) is 0.313. The van der Waals surface area contributed by atoms with Crippen LogP contribution in [0.25, 0.3) is 0 Å². The SMILES string of the molecule is [NH]C1(Cl)CC1. The number of hydrogen-bond acceptors (Lipinski definition) is 0. The van der Waals surface area contributed by atoms with Gasteiger partial charge in [-0.15, -0.1) is 11.6 Å². The Labute approximate surface area is 36.1 Å². The predicted octanol–water partition coefficient (Wildman–Crippen LogP) is 0.998. The molecule has 0 atom stereocenters. The molecule has 0 saturated heterocycles. The van der Waals surface area contributed by atoms with Gasteiger partial charge in [0.25, 0.3) is 0 Å². The highest BCUT2D eigenvalue weighted by Crippen LogP contribution is 2.37. The molecule has 1 radical (unpaired) electrons. The molecule has 5 heavy (non-hydrogen) atoms. The monoisotopic (exact) mass is 90.0 g/mol. The van der Waals surface area contributed by atoms with Gasteiger partial charge in [-0.05, 0) is 12.8 Å². The molecule has 0 aromatic rings. The van der Waals surface area contributed by atoms with E-state index in [4.69, 9.17) is 17.3 Å². The van der Waals surface area contributed by atoms with E-state index in [9.17, 15) is 0 Å². The molecule has 1 aliphatic carbocycles. The Morgan fingerprint density at radius 1 is 1.60 bits per heavy atom. The van der Waals surface area contributed by atoms with E-state index in [2.05, 4.69) is 0 Å². The predicted molar refractivity (Wildman–Crippen MR) is 20.9 cm³/mol. The van der Waals surface area contributed by atoms with Crippen LogP contribution in [-0.4, -0.2) is 5.00 Å². The molecule has 0 bridgehead atoms. The summed E-state index contributed by atoms with van der Waals surface area (Å²) in [5, 5.41) is 0. The fourth-order valence-corrected chi connectivity index (χ4v) is 0.204. The molecule has 0 amide bonds. The zero-order valence-corrected chi connectivity index (χ0v) is 3.55. The van der Waals surface area contributed by atoms with Crippen LogP contribution in [0.1, 0.15) is 12.8 Å². The minimum Gasteiger partial charge on any atom is -0.235 e. The summed E-state index contributed by atoms with van der Waals surface area (Å²) in [5.74, 6) is 0. The maximum absolute atomic E-state index is 6.81. The van der Waals surface area contributed by atoms with Crippen molar-refractivity contribution in [3.05, 3.63) is 0 Å². The highest BCUT2D eigenvalue weighted by atomic mass is 35.5. The van der Waals surface area contributed by atoms with Crippen molar-refractivity contribution in [1.29, 1.82) is 0 Å². The maximum atomic E-state index is 6.81. The molecule has 0 aromatic carbocycles. The maximum Gasteiger partial charge on any atom is 0.106 e. The lowest BCUT2D eigenvalue weighted by molar-refractivity contribution is 0.926. The van der Waals surface area contributed by atoms with Gasteiger partial charge in [0.15, 0.2) is 0 Å². The van der Waals surface area contributed by atoms with Gasteiger partial charge in [0.2, 0.25) is 0 Å². The van der Waals surface area contributed by atoms with Crippen LogP contribution in [0.4, 0.5) is 0 Å². The smallest absolute Gasteiger partial charge is 0.106 e. The first-order chi connectivity index (χ1) is 2.21. The van der Waals surface area contributed by atoms with Crippen LogP contribution in [0.2, 0.25) is 0 Å². The molecule has 0 spiro atoms. The number of halogens is 1. The second-order valence-electron chi connectivity index (χ2n) is 1.47. The Balaban J connectivity index is 2.38. The van der Waals surface area contributed by atoms with Crippen LogP contribution in [0.3, 0.4) is 0 Å². The summed E-state index contributed by atoms with van der Waals surface area (Å²) in [6, 6.07) is 0. The van der Waals surface area contributed by atoms with Gasteiger partial charge in [-0.3, -0.25) is 0 Å². The summed E-state index contributed by atoms with van der Waals surface area (Å²) in [7, 11) is 0. The van der Waals surface area contributed by atoms with Crippen molar-refractivity contribution in [1.82, 2.24) is 5.73 Å². The van der Waals surface area contributed by atoms with E-state index >= 15 is 0 Å². The van der Waals surface area contributed by atoms with E-state index in [-0.39, 0.29) is 0 Å². The highest BCUT2D eigenvalue weighted by Gasteiger charge is 2.36. The molecule has 29 valence electrons. The molecule has 1 rings (SSSR count). The summed E-state index contributed by atoms with van der Waals surface area (Å²) < 4.78 is 0. The highest BCUT2D eigenvalue weighted by molar-refractivity contribution is 6.25. The molecule has 0 aliphatic heterocycles. The van der Waals surface area contributed by atoms with Crippen molar-refractivity contribution < 1.29 is 0 Å². The van der Waals surface area contributed by atoms with Gasteiger partial charge in [0, 0.05) is 0 Å². The Morgan fingerprint density at radius 2 is 1.80 bits per heavy atom. The van der Waals surface area contributed by atoms with Gasteiger partial charge in [0.1, 0.15) is 5.00 Å². The number of hydrogen-bond donors (Lipinski definition) is 0. The number of nitrogens with one attached hydrogen (secondary N) is 1. The third-order valence-electron chi connectivity index (χ3n) is 0.689. The molecule has 1 fully saturated rings. The normalized spacial score (nSPS) is 30.0. The summed E-state index contributed by atoms with van der Waals surface area (Å²) in [6.45, 7) is 0. The van der Waals surface area contributed by atoms with E-state index in [0.29, 0.717) is 0 Å². The van der Waals surface area contributed by atoms with E-state index in [0.717, 1.165) is 12.8 Å². The molecule has 0 aromatic heterocycles. The average Bonchev–Trinajstić information content (AvgIpc) is 1.76. The van der Waals surface area contributed by atoms with Gasteiger partial charge in [0.05, 0.1) is 0 Å². The zero-order valence-electron chi connectivity index (χ0n) is 2.79. The molecule has 2 heteroatoms. The third kappa shape index (κ3) is 0.781. The molecular weight excluding hydrogens is 85.5 g/mol. The first kappa shape index (κ1) is 3.44. The first-order valence-corrected chi connectivity index (χ1v) is 2.02. The lowest BCUT2D eigenvalue weighted by Gasteiger charge is -1.82. The molecule has 1 saturated carbocycles. The molecule has 1 N–H and O–H groups in total. The molecule has 1 aliphatic rings. The Hall–Kier alpha value is 0.250. The first-order valence-electron chi connectivity index (χ1n) is 1.65. The summed E-state index contributed by atoms with van der Waals surface area (Å²) in [5.41, 5.74) is 6.81. The van der Waals surface area contributed by atoms with Crippen molar-refractivity contribution in [2.75, 3.05) is 0 Å². The Morgan fingerprint density at radius 3 is 1.80 bits per heavy atom. The topological polar surface area (TPSA) is 23.8 Å². The van der Waals surface area contributed by atoms with E-state index in [1.807, 2.05) is 0 Å². The van der Waals surface area contributed by atoms with Crippen molar-refractivity contribution in [2.24, 2.45) is 0 Å². The molecule has 0 heterocycles. The fraction of sp³-hybridized carbons (Fsp3) is 1.00. The van der Waals surface area contributed by atoms with Gasteiger partial charge in [-0.2, -0.15) is 0 Å². The largest absolute Gasteiger partial charge is 0.235 e. The van der Waals surface area contributed by atoms with Crippen LogP contribution in [0, 0.1) is 0 Å². The average molecular weight is 90.5 g/mol. The van der Waals surface area contributed by atoms with Crippen LogP contribution < -0.4 is 5.73 Å². The van der Waals surface area contributed by atoms with Crippen molar-refractivity contribution in [3.8, 4) is 0 Å². The van der Waals surface area contributed by atoms with Crippen molar-refractivity contribution in [3.63, 3.8) is 0 Å². The summed E-state index contributed by atoms with van der Waals surface area (Å²) >= 11 is 5.31. The number of rotatable bonds is 0. The summed E-state index contributed by atoms with van der Waals surface area (Å²) in [4.78, 5) is -0.528. The van der Waals surface area contributed by atoms with Gasteiger partial charge >= 0.3 is 0 Å². The molecule has 0 unspecified atom stereocenters. The van der Waals surface area contributed by atoms with Crippen LogP contribution >= 0.6 is 11.6 Å². The summed E-state index contributed by atoms with van der Waals surface area (Å²) in [6.07, 6.45) is 1.77.